The van der Waals surface area contributed by atoms with Gasteiger partial charge in [0.1, 0.15) is 5.56 Å². The number of pyridine rings is 1. The fourth-order valence-corrected chi connectivity index (χ4v) is 4.69. The van der Waals surface area contributed by atoms with Crippen LogP contribution in [-0.2, 0) is 6.54 Å². The smallest absolute Gasteiger partial charge is 0.263 e. The molecule has 190 valence electrons. The van der Waals surface area contributed by atoms with Crippen LogP contribution in [0.15, 0.2) is 76.2 Å². The molecule has 1 unspecified atom stereocenters. The Labute approximate surface area is 216 Å². The van der Waals surface area contributed by atoms with E-state index >= 15 is 0 Å². The number of hydrogen-bond donors (Lipinski definition) is 0. The molecule has 0 radical (unpaired) electrons. The molecule has 37 heavy (non-hydrogen) atoms. The van der Waals surface area contributed by atoms with Gasteiger partial charge in [0.25, 0.3) is 11.5 Å². The van der Waals surface area contributed by atoms with Crippen LogP contribution >= 0.6 is 0 Å². The summed E-state index contributed by atoms with van der Waals surface area (Å²) in [4.78, 5) is 35.0. The van der Waals surface area contributed by atoms with E-state index in [0.717, 1.165) is 16.7 Å². The van der Waals surface area contributed by atoms with Gasteiger partial charge in [-0.2, -0.15) is 4.98 Å². The number of amides is 1. The summed E-state index contributed by atoms with van der Waals surface area (Å²) in [7, 11) is 0. The monoisotopic (exact) mass is 497 g/mol. The van der Waals surface area contributed by atoms with Crippen molar-refractivity contribution in [3.8, 4) is 11.4 Å². The maximum absolute atomic E-state index is 13.3. The summed E-state index contributed by atoms with van der Waals surface area (Å²) in [6.07, 6.45) is 1.73. The molecule has 5 rings (SSSR count). The largest absolute Gasteiger partial charge is 0.337 e. The van der Waals surface area contributed by atoms with E-state index in [0.29, 0.717) is 44.4 Å². The molecule has 0 bridgehead atoms. The zero-order chi connectivity index (χ0) is 25.9. The highest BCUT2D eigenvalue weighted by Crippen LogP contribution is 2.24. The van der Waals surface area contributed by atoms with Crippen molar-refractivity contribution in [3.05, 3.63) is 105 Å². The number of hydrogen-bond acceptors (Lipinski definition) is 6. The van der Waals surface area contributed by atoms with Crippen LogP contribution in [0.2, 0.25) is 0 Å². The molecule has 0 N–H and O–H groups in total. The van der Waals surface area contributed by atoms with E-state index in [1.165, 1.54) is 5.56 Å². The van der Waals surface area contributed by atoms with E-state index in [-0.39, 0.29) is 23.1 Å². The van der Waals surface area contributed by atoms with E-state index in [1.54, 1.807) is 27.8 Å². The molecular weight excluding hydrogens is 466 g/mol. The van der Waals surface area contributed by atoms with Crippen molar-refractivity contribution in [2.45, 2.75) is 33.4 Å². The molecule has 1 aliphatic heterocycles. The summed E-state index contributed by atoms with van der Waals surface area (Å²) in [5, 5.41) is 4.15. The lowest BCUT2D eigenvalue weighted by Crippen LogP contribution is -2.50. The number of rotatable bonds is 6. The van der Waals surface area contributed by atoms with Gasteiger partial charge in [-0.1, -0.05) is 64.8 Å². The van der Waals surface area contributed by atoms with Crippen LogP contribution < -0.4 is 5.56 Å². The average Bonchev–Trinajstić information content (AvgIpc) is 3.40. The number of piperazine rings is 1. The molecular formula is C29H31N5O3. The Morgan fingerprint density at radius 1 is 0.973 bits per heavy atom. The third-order valence-electron chi connectivity index (χ3n) is 6.94. The van der Waals surface area contributed by atoms with Crippen LogP contribution in [0.3, 0.4) is 0 Å². The van der Waals surface area contributed by atoms with Crippen LogP contribution in [0.1, 0.15) is 45.9 Å². The first-order valence-electron chi connectivity index (χ1n) is 12.6. The van der Waals surface area contributed by atoms with E-state index < -0.39 is 0 Å². The quantitative estimate of drug-likeness (QED) is 0.399. The second kappa shape index (κ2) is 10.5. The summed E-state index contributed by atoms with van der Waals surface area (Å²) in [6, 6.07) is 19.4. The van der Waals surface area contributed by atoms with E-state index in [4.69, 9.17) is 4.52 Å². The first kappa shape index (κ1) is 24.6. The first-order chi connectivity index (χ1) is 17.9. The van der Waals surface area contributed by atoms with Crippen LogP contribution in [0.4, 0.5) is 0 Å². The lowest BCUT2D eigenvalue weighted by molar-refractivity contribution is 0.0549. The third-order valence-corrected chi connectivity index (χ3v) is 6.94. The zero-order valence-electron chi connectivity index (χ0n) is 21.4. The van der Waals surface area contributed by atoms with Gasteiger partial charge in [-0.05, 0) is 38.5 Å². The minimum absolute atomic E-state index is 0.0766. The third kappa shape index (κ3) is 5.39. The lowest BCUT2D eigenvalue weighted by atomic mass is 10.1. The normalized spacial score (nSPS) is 15.1. The predicted molar refractivity (Wildman–Crippen MR) is 141 cm³/mol. The van der Waals surface area contributed by atoms with Gasteiger partial charge in [0.2, 0.25) is 11.7 Å². The first-order valence-corrected chi connectivity index (χ1v) is 12.6. The van der Waals surface area contributed by atoms with Crippen molar-refractivity contribution in [2.75, 3.05) is 26.2 Å². The Morgan fingerprint density at radius 2 is 1.73 bits per heavy atom. The molecule has 1 atom stereocenters. The summed E-state index contributed by atoms with van der Waals surface area (Å²) < 4.78 is 7.16. The van der Waals surface area contributed by atoms with Crippen molar-refractivity contribution in [1.29, 1.82) is 0 Å². The summed E-state index contributed by atoms with van der Waals surface area (Å²) >= 11 is 0. The fourth-order valence-electron chi connectivity index (χ4n) is 4.69. The molecule has 1 fully saturated rings. The van der Waals surface area contributed by atoms with Crippen LogP contribution in [0, 0.1) is 13.8 Å². The minimum Gasteiger partial charge on any atom is -0.337 e. The van der Waals surface area contributed by atoms with Crippen molar-refractivity contribution in [3.63, 3.8) is 0 Å². The molecule has 0 spiro atoms. The maximum Gasteiger partial charge on any atom is 0.263 e. The molecule has 1 amide bonds. The molecule has 2 aromatic carbocycles. The number of benzene rings is 2. The summed E-state index contributed by atoms with van der Waals surface area (Å²) in [5.41, 5.74) is 4.20. The fraction of sp³-hybridized carbons (Fsp3) is 0.310. The maximum atomic E-state index is 13.3. The Balaban J connectivity index is 1.23. The molecule has 8 nitrogen and oxygen atoms in total. The van der Waals surface area contributed by atoms with Crippen molar-refractivity contribution in [2.24, 2.45) is 0 Å². The molecule has 1 saturated heterocycles. The molecule has 0 saturated carbocycles. The summed E-state index contributed by atoms with van der Waals surface area (Å²) in [6.45, 7) is 8.87. The Kier molecular flexibility index (Phi) is 7.01. The van der Waals surface area contributed by atoms with Crippen LogP contribution in [0.25, 0.3) is 11.4 Å². The number of aromatic nitrogens is 3. The van der Waals surface area contributed by atoms with E-state index in [2.05, 4.69) is 21.1 Å². The minimum atomic E-state index is -0.265. The molecule has 1 aliphatic rings. The summed E-state index contributed by atoms with van der Waals surface area (Å²) in [5.74, 6) is 0.898. The van der Waals surface area contributed by atoms with Crippen molar-refractivity contribution < 1.29 is 9.32 Å². The van der Waals surface area contributed by atoms with Crippen LogP contribution in [0.5, 0.6) is 0 Å². The second-order valence-electron chi connectivity index (χ2n) is 9.67. The van der Waals surface area contributed by atoms with E-state index in [9.17, 15) is 9.59 Å². The van der Waals surface area contributed by atoms with Gasteiger partial charge >= 0.3 is 0 Å². The van der Waals surface area contributed by atoms with Crippen molar-refractivity contribution >= 4 is 5.91 Å². The van der Waals surface area contributed by atoms with Crippen molar-refractivity contribution in [1.82, 2.24) is 24.5 Å². The number of carbonyl (C=O) groups is 1. The number of carbonyl (C=O) groups excluding carboxylic acids is 1. The number of nitrogens with zero attached hydrogens (tertiary/aromatic N) is 5. The molecule has 8 heteroatoms. The van der Waals surface area contributed by atoms with Gasteiger partial charge in [-0.25, -0.2) is 0 Å². The predicted octanol–water partition coefficient (Wildman–Crippen LogP) is 4.08. The highest BCUT2D eigenvalue weighted by Gasteiger charge is 2.29. The molecule has 0 aliphatic carbocycles. The number of aryl methyl sites for hydroxylation is 2. The SMILES string of the molecule is Cc1ccc(-c2noc(C(C)N3CCN(C(=O)c4cccn(Cc5cccc(C)c5)c4=O)CC3)n2)cc1. The van der Waals surface area contributed by atoms with Crippen LogP contribution in [-0.4, -0.2) is 56.6 Å². The average molecular weight is 498 g/mol. The van der Waals surface area contributed by atoms with Gasteiger partial charge in [-0.3, -0.25) is 14.5 Å². The topological polar surface area (TPSA) is 84.5 Å². The Hall–Kier alpha value is -4.04. The van der Waals surface area contributed by atoms with E-state index in [1.807, 2.05) is 63.2 Å². The molecule has 3 heterocycles. The molecule has 4 aromatic rings. The highest BCUT2D eigenvalue weighted by molar-refractivity contribution is 5.93. The Morgan fingerprint density at radius 3 is 2.46 bits per heavy atom. The van der Waals surface area contributed by atoms with Gasteiger partial charge in [0.05, 0.1) is 12.6 Å². The van der Waals surface area contributed by atoms with Gasteiger partial charge in [0.15, 0.2) is 0 Å². The van der Waals surface area contributed by atoms with Gasteiger partial charge in [0, 0.05) is 37.9 Å². The standard InChI is InChI=1S/C29H31N5O3/c1-20-9-11-24(12-10-20)26-30-27(37-31-26)22(3)32-14-16-33(17-15-32)28(35)25-8-5-13-34(29(25)36)19-23-7-4-6-21(2)18-23/h4-13,18,22H,14-17,19H2,1-3H3. The zero-order valence-corrected chi connectivity index (χ0v) is 21.4. The highest BCUT2D eigenvalue weighted by atomic mass is 16.5. The van der Waals surface area contributed by atoms with Gasteiger partial charge in [-0.15, -0.1) is 0 Å². The second-order valence-corrected chi connectivity index (χ2v) is 9.67. The lowest BCUT2D eigenvalue weighted by Gasteiger charge is -2.36. The van der Waals surface area contributed by atoms with Gasteiger partial charge < -0.3 is 14.0 Å². The molecule has 2 aromatic heterocycles. The Bertz CT molecular complexity index is 1450.